The van der Waals surface area contributed by atoms with Crippen LogP contribution in [0.25, 0.3) is 6.08 Å². The number of carbonyl (C=O) groups excluding carboxylic acids is 2. The Morgan fingerprint density at radius 2 is 1.78 bits per heavy atom. The van der Waals surface area contributed by atoms with Crippen LogP contribution in [0, 0.1) is 0 Å². The zero-order valence-electron chi connectivity index (χ0n) is 17.0. The van der Waals surface area contributed by atoms with E-state index in [4.69, 9.17) is 5.11 Å². The molecule has 0 bridgehead atoms. The average Bonchev–Trinajstić information content (AvgIpc) is 2.75. The molecule has 2 amide bonds. The number of hydrogen-bond donors (Lipinski definition) is 2. The third-order valence-electron chi connectivity index (χ3n) is 5.07. The Labute approximate surface area is 182 Å². The summed E-state index contributed by atoms with van der Waals surface area (Å²) in [7, 11) is 0. The van der Waals surface area contributed by atoms with Gasteiger partial charge in [-0.3, -0.25) is 14.4 Å². The lowest BCUT2D eigenvalue weighted by atomic mass is 9.96. The van der Waals surface area contributed by atoms with Crippen LogP contribution in [0.2, 0.25) is 0 Å². The van der Waals surface area contributed by atoms with E-state index in [1.165, 1.54) is 18.2 Å². The summed E-state index contributed by atoms with van der Waals surface area (Å²) in [5, 5.41) is 11.4. The van der Waals surface area contributed by atoms with Gasteiger partial charge >= 0.3 is 12.1 Å². The number of hydrogen-bond acceptors (Lipinski definition) is 3. The van der Waals surface area contributed by atoms with E-state index in [1.54, 1.807) is 11.0 Å². The second kappa shape index (κ2) is 9.67. The van der Waals surface area contributed by atoms with Crippen molar-refractivity contribution in [3.8, 4) is 0 Å². The molecule has 1 aliphatic heterocycles. The van der Waals surface area contributed by atoms with Gasteiger partial charge in [-0.15, -0.1) is 0 Å². The maximum absolute atomic E-state index is 12.6. The van der Waals surface area contributed by atoms with E-state index in [0.29, 0.717) is 30.6 Å². The van der Waals surface area contributed by atoms with Gasteiger partial charge in [-0.25, -0.2) is 0 Å². The molecule has 2 aromatic carbocycles. The normalized spacial score (nSPS) is 13.7. The first-order valence-corrected chi connectivity index (χ1v) is 9.85. The predicted molar refractivity (Wildman–Crippen MR) is 110 cm³/mol. The van der Waals surface area contributed by atoms with Crippen LogP contribution in [0.5, 0.6) is 0 Å². The number of alkyl halides is 3. The summed E-state index contributed by atoms with van der Waals surface area (Å²) in [5.74, 6) is -1.70. The smallest absolute Gasteiger partial charge is 0.416 e. The summed E-state index contributed by atoms with van der Waals surface area (Å²) in [6.45, 7) is 0.626. The molecule has 0 saturated heterocycles. The number of carboxylic acids is 1. The van der Waals surface area contributed by atoms with Crippen LogP contribution < -0.4 is 5.32 Å². The number of carbonyl (C=O) groups is 3. The highest BCUT2D eigenvalue weighted by Gasteiger charge is 2.29. The van der Waals surface area contributed by atoms with Crippen LogP contribution in [0.15, 0.2) is 48.5 Å². The minimum Gasteiger partial charge on any atom is -0.481 e. The van der Waals surface area contributed by atoms with E-state index >= 15 is 0 Å². The number of halogens is 3. The third kappa shape index (κ3) is 6.19. The standard InChI is InChI=1S/C23H21F3N2O4/c24-23(25,26)19-6-2-15(3-7-19)4-8-20(29)27-13-21(30)28-10-9-17-11-16(12-22(31)32)1-5-18(17)14-28/h1-8,11H,9-10,12-14H2,(H,27,29)(H,31,32)/b8-4+. The van der Waals surface area contributed by atoms with Gasteiger partial charge in [0.2, 0.25) is 11.8 Å². The second-order valence-electron chi connectivity index (χ2n) is 7.41. The molecule has 1 heterocycles. The van der Waals surface area contributed by atoms with E-state index in [2.05, 4.69) is 5.32 Å². The zero-order chi connectivity index (χ0) is 23.3. The van der Waals surface area contributed by atoms with Gasteiger partial charge in [0.25, 0.3) is 0 Å². The summed E-state index contributed by atoms with van der Waals surface area (Å²) < 4.78 is 37.7. The second-order valence-corrected chi connectivity index (χ2v) is 7.41. The van der Waals surface area contributed by atoms with Crippen molar-refractivity contribution < 1.29 is 32.7 Å². The van der Waals surface area contributed by atoms with Gasteiger partial charge in [0, 0.05) is 19.2 Å². The zero-order valence-corrected chi connectivity index (χ0v) is 17.0. The number of aliphatic carboxylic acids is 1. The van der Waals surface area contributed by atoms with Gasteiger partial charge in [-0.2, -0.15) is 13.2 Å². The topological polar surface area (TPSA) is 86.7 Å². The Kier molecular flexibility index (Phi) is 6.97. The summed E-state index contributed by atoms with van der Waals surface area (Å²) in [5.41, 5.74) is 2.31. The Balaban J connectivity index is 1.50. The lowest BCUT2D eigenvalue weighted by Crippen LogP contribution is -2.42. The summed E-state index contributed by atoms with van der Waals surface area (Å²) in [4.78, 5) is 36.8. The molecule has 0 atom stereocenters. The predicted octanol–water partition coefficient (Wildman–Crippen LogP) is 3.05. The van der Waals surface area contributed by atoms with Crippen LogP contribution in [0.1, 0.15) is 27.8 Å². The molecular weight excluding hydrogens is 425 g/mol. The van der Waals surface area contributed by atoms with Crippen LogP contribution in [0.3, 0.4) is 0 Å². The summed E-state index contributed by atoms with van der Waals surface area (Å²) in [6.07, 6.45) is -1.36. The monoisotopic (exact) mass is 446 g/mol. The number of nitrogens with zero attached hydrogens (tertiary/aromatic N) is 1. The minimum absolute atomic E-state index is 0.0536. The van der Waals surface area contributed by atoms with E-state index in [9.17, 15) is 27.6 Å². The van der Waals surface area contributed by atoms with Crippen LogP contribution in [-0.4, -0.2) is 40.9 Å². The Morgan fingerprint density at radius 3 is 2.44 bits per heavy atom. The largest absolute Gasteiger partial charge is 0.481 e. The van der Waals surface area contributed by atoms with Gasteiger partial charge < -0.3 is 15.3 Å². The molecule has 1 aliphatic rings. The van der Waals surface area contributed by atoms with Crippen molar-refractivity contribution in [2.24, 2.45) is 0 Å². The Morgan fingerprint density at radius 1 is 1.06 bits per heavy atom. The molecule has 2 N–H and O–H groups in total. The van der Waals surface area contributed by atoms with Crippen molar-refractivity contribution in [1.82, 2.24) is 10.2 Å². The maximum atomic E-state index is 12.6. The highest BCUT2D eigenvalue weighted by Crippen LogP contribution is 2.29. The van der Waals surface area contributed by atoms with Crippen molar-refractivity contribution >= 4 is 23.9 Å². The molecule has 0 aliphatic carbocycles. The number of amides is 2. The molecule has 0 radical (unpaired) electrons. The molecule has 0 aromatic heterocycles. The van der Waals surface area contributed by atoms with E-state index < -0.39 is 23.6 Å². The fraction of sp³-hybridized carbons (Fsp3) is 0.261. The van der Waals surface area contributed by atoms with Gasteiger partial charge in [0.15, 0.2) is 0 Å². The van der Waals surface area contributed by atoms with Gasteiger partial charge in [0.05, 0.1) is 18.5 Å². The number of nitrogens with one attached hydrogen (secondary N) is 1. The van der Waals surface area contributed by atoms with Crippen molar-refractivity contribution in [2.45, 2.75) is 25.6 Å². The first kappa shape index (κ1) is 23.1. The van der Waals surface area contributed by atoms with E-state index in [1.807, 2.05) is 12.1 Å². The molecule has 2 aromatic rings. The van der Waals surface area contributed by atoms with Crippen molar-refractivity contribution in [1.29, 1.82) is 0 Å². The number of benzene rings is 2. The van der Waals surface area contributed by atoms with E-state index in [0.717, 1.165) is 29.3 Å². The molecule has 0 unspecified atom stereocenters. The molecule has 168 valence electrons. The summed E-state index contributed by atoms with van der Waals surface area (Å²) in [6, 6.07) is 9.77. The number of carboxylic acid groups (broad SMARTS) is 1. The van der Waals surface area contributed by atoms with Crippen LogP contribution in [-0.2, 0) is 39.9 Å². The third-order valence-corrected chi connectivity index (χ3v) is 5.07. The SMILES string of the molecule is O=C(O)Cc1ccc2c(c1)CCN(C(=O)CNC(=O)/C=C/c1ccc(C(F)(F)F)cc1)C2. The maximum Gasteiger partial charge on any atom is 0.416 e. The quantitative estimate of drug-likeness (QED) is 0.668. The number of rotatable bonds is 6. The summed E-state index contributed by atoms with van der Waals surface area (Å²) >= 11 is 0. The molecular formula is C23H21F3N2O4. The van der Waals surface area contributed by atoms with Crippen molar-refractivity contribution in [3.63, 3.8) is 0 Å². The molecule has 9 heteroatoms. The first-order valence-electron chi connectivity index (χ1n) is 9.85. The van der Waals surface area contributed by atoms with Crippen LogP contribution >= 0.6 is 0 Å². The Bertz CT molecular complexity index is 1050. The van der Waals surface area contributed by atoms with Gasteiger partial charge in [-0.05, 0) is 46.9 Å². The molecule has 0 spiro atoms. The Hall–Kier alpha value is -3.62. The van der Waals surface area contributed by atoms with E-state index in [-0.39, 0.29) is 18.9 Å². The fourth-order valence-electron chi connectivity index (χ4n) is 3.39. The minimum atomic E-state index is -4.42. The van der Waals surface area contributed by atoms with Crippen LogP contribution in [0.4, 0.5) is 13.2 Å². The lowest BCUT2D eigenvalue weighted by Gasteiger charge is -2.29. The van der Waals surface area contributed by atoms with Crippen molar-refractivity contribution in [2.75, 3.05) is 13.1 Å². The molecule has 0 saturated carbocycles. The highest BCUT2D eigenvalue weighted by atomic mass is 19.4. The highest BCUT2D eigenvalue weighted by molar-refractivity contribution is 5.94. The van der Waals surface area contributed by atoms with Gasteiger partial charge in [0.1, 0.15) is 0 Å². The lowest BCUT2D eigenvalue weighted by molar-refractivity contribution is -0.138. The average molecular weight is 446 g/mol. The molecule has 32 heavy (non-hydrogen) atoms. The molecule has 6 nitrogen and oxygen atoms in total. The first-order chi connectivity index (χ1) is 15.1. The fourth-order valence-corrected chi connectivity index (χ4v) is 3.39. The molecule has 3 rings (SSSR count). The molecule has 0 fully saturated rings. The van der Waals surface area contributed by atoms with Gasteiger partial charge in [-0.1, -0.05) is 30.3 Å². The number of fused-ring (bicyclic) bond motifs is 1. The van der Waals surface area contributed by atoms with Crippen molar-refractivity contribution in [3.05, 3.63) is 76.4 Å².